The van der Waals surface area contributed by atoms with Crippen LogP contribution >= 0.6 is 0 Å². The van der Waals surface area contributed by atoms with E-state index in [2.05, 4.69) is 31.4 Å². The van der Waals surface area contributed by atoms with E-state index in [9.17, 15) is 22.4 Å². The van der Waals surface area contributed by atoms with Gasteiger partial charge in [0.2, 0.25) is 3.74 Å². The fourth-order valence-corrected chi connectivity index (χ4v) is 5.06. The maximum atomic E-state index is 11.2. The molecule has 0 N–H and O–H groups in total. The Morgan fingerprint density at radius 3 is 1.39 bits per heavy atom. The van der Waals surface area contributed by atoms with Crippen molar-refractivity contribution in [1.82, 2.24) is 0 Å². The number of hydrogen-bond acceptors (Lipinski definition) is 6. The van der Waals surface area contributed by atoms with E-state index in [1.165, 1.54) is 94.2 Å². The molecule has 1 aromatic carbocycles. The summed E-state index contributed by atoms with van der Waals surface area (Å²) >= 11 is 0. The molecule has 7 nitrogen and oxygen atoms in total. The zero-order valence-electron chi connectivity index (χ0n) is 22.5. The summed E-state index contributed by atoms with van der Waals surface area (Å²) in [5.41, 5.74) is 0.788. The Balaban J connectivity index is -0.000000537. The summed E-state index contributed by atoms with van der Waals surface area (Å²) in [6, 6.07) is 5.19. The number of nitrogens with zero attached hydrogens (tertiary/aromatic N) is 1. The van der Waals surface area contributed by atoms with Gasteiger partial charge in [0.1, 0.15) is 15.1 Å². The first-order valence-corrected chi connectivity index (χ1v) is 14.4. The van der Waals surface area contributed by atoms with Gasteiger partial charge in [0, 0.05) is 0 Å². The maximum absolute atomic E-state index is 11.2. The molecule has 0 spiro atoms. The molecule has 0 unspecified atom stereocenters. The average Bonchev–Trinajstić information content (AvgIpc) is 2.72. The van der Waals surface area contributed by atoms with Gasteiger partial charge in [0.05, 0.1) is 26.2 Å². The minimum Gasteiger partial charge on any atom is -1.00 e. The van der Waals surface area contributed by atoms with Crippen LogP contribution in [0.1, 0.15) is 86.1 Å². The van der Waals surface area contributed by atoms with E-state index < -0.39 is 20.4 Å². The number of hydrogen-bond donors (Lipinski definition) is 0. The zero-order chi connectivity index (χ0) is 24.7. The molecule has 0 radical (unpaired) electrons. The molecule has 0 heterocycles. The molecular formula is C23H44ClLiNO6S+. The molecule has 0 aliphatic rings. The molecule has 33 heavy (non-hydrogen) atoms. The van der Waals surface area contributed by atoms with Crippen molar-refractivity contribution < 1.29 is 61.1 Å². The van der Waals surface area contributed by atoms with E-state index in [0.29, 0.717) is 0 Å². The van der Waals surface area contributed by atoms with Crippen molar-refractivity contribution in [3.63, 3.8) is 0 Å². The first kappa shape index (κ1) is 35.0. The third-order valence-corrected chi connectivity index (χ3v) is 7.54. The SMILES string of the molecule is CCCC[N+](CCCC)(CCCC)CCCC.Cc1ccc(S(=O)(=O)O[Cl+3]([O-])([O-])[O-])cc1.[H-].[Li+]. The van der Waals surface area contributed by atoms with Crippen LogP contribution in [0.5, 0.6) is 0 Å². The van der Waals surface area contributed by atoms with Crippen LogP contribution in [0, 0.1) is 17.2 Å². The summed E-state index contributed by atoms with van der Waals surface area (Å²) in [7, 11) is -9.55. The van der Waals surface area contributed by atoms with Crippen molar-refractivity contribution >= 4 is 10.1 Å². The number of quaternary nitrogens is 1. The Kier molecular flexibility index (Phi) is 19.3. The molecule has 0 amide bonds. The Morgan fingerprint density at radius 2 is 1.12 bits per heavy atom. The van der Waals surface area contributed by atoms with Crippen LogP contribution in [0.15, 0.2) is 29.2 Å². The summed E-state index contributed by atoms with van der Waals surface area (Å²) in [6.45, 7) is 16.7. The number of halogens is 1. The molecule has 0 fully saturated rings. The summed E-state index contributed by atoms with van der Waals surface area (Å²) in [6.07, 6.45) is 11.1. The quantitative estimate of drug-likeness (QED) is 0.240. The Labute approximate surface area is 217 Å². The van der Waals surface area contributed by atoms with Crippen molar-refractivity contribution in [3.05, 3.63) is 29.8 Å². The molecule has 0 bridgehead atoms. The van der Waals surface area contributed by atoms with Gasteiger partial charge in [0.15, 0.2) is 0 Å². The molecule has 0 aromatic heterocycles. The van der Waals surface area contributed by atoms with Crippen LogP contribution in [-0.4, -0.2) is 39.1 Å². The summed E-state index contributed by atoms with van der Waals surface area (Å²) in [4.78, 5) is -0.389. The van der Waals surface area contributed by atoms with Crippen molar-refractivity contribution in [2.75, 3.05) is 26.2 Å². The van der Waals surface area contributed by atoms with Crippen LogP contribution in [0.2, 0.25) is 0 Å². The van der Waals surface area contributed by atoms with Crippen molar-refractivity contribution in [2.24, 2.45) is 0 Å². The number of benzene rings is 1. The fraction of sp³-hybridized carbons (Fsp3) is 0.739. The second-order valence-electron chi connectivity index (χ2n) is 8.36. The molecule has 1 rings (SSSR count). The molecule has 10 heteroatoms. The number of rotatable bonds is 15. The topological polar surface area (TPSA) is 113 Å². The Hall–Kier alpha value is -0.143. The first-order valence-electron chi connectivity index (χ1n) is 11.7. The van der Waals surface area contributed by atoms with Gasteiger partial charge in [-0.05, 0) is 44.7 Å². The zero-order valence-corrected chi connectivity index (χ0v) is 23.1. The van der Waals surface area contributed by atoms with Crippen LogP contribution in [0.25, 0.3) is 0 Å². The summed E-state index contributed by atoms with van der Waals surface area (Å²) < 4.78 is 57.4. The van der Waals surface area contributed by atoms with Crippen molar-refractivity contribution in [3.8, 4) is 0 Å². The monoisotopic (exact) mass is 504 g/mol. The Bertz CT molecular complexity index is 680. The second-order valence-corrected chi connectivity index (χ2v) is 11.0. The van der Waals surface area contributed by atoms with Crippen LogP contribution in [0.4, 0.5) is 0 Å². The van der Waals surface area contributed by atoms with Gasteiger partial charge >= 0.3 is 29.0 Å². The molecule has 190 valence electrons. The average molecular weight is 505 g/mol. The van der Waals surface area contributed by atoms with E-state index in [-0.39, 0.29) is 25.2 Å². The van der Waals surface area contributed by atoms with E-state index in [4.69, 9.17) is 0 Å². The maximum Gasteiger partial charge on any atom is 1.00 e. The summed E-state index contributed by atoms with van der Waals surface area (Å²) in [5, 5.41) is 0. The molecule has 1 aromatic rings. The number of aryl methyl sites for hydroxylation is 1. The molecule has 0 aliphatic carbocycles. The van der Waals surface area contributed by atoms with E-state index in [1.54, 1.807) is 6.92 Å². The molecule has 0 saturated carbocycles. The standard InChI is InChI=1S/C16H36N.C7H7ClO6S.Li.H/c1-5-9-13-17(14-10-6-2,15-11-7-3)16-12-8-4;1-6-2-4-7(5-3-6)15(12,13)14-8(9,10)11;;/h5-16H2,1-4H3;2-5H,1H3;;/q+1;;+1;-1. The van der Waals surface area contributed by atoms with Gasteiger partial charge < -0.3 is 5.91 Å². The molecular weight excluding hydrogens is 461 g/mol. The molecule has 0 atom stereocenters. The smallest absolute Gasteiger partial charge is 1.00 e. The molecule has 0 aliphatic heterocycles. The summed E-state index contributed by atoms with van der Waals surface area (Å²) in [5.74, 6) is 0. The molecule has 0 saturated heterocycles. The van der Waals surface area contributed by atoms with Crippen molar-refractivity contribution in [1.29, 1.82) is 0 Å². The van der Waals surface area contributed by atoms with Gasteiger partial charge in [-0.3, -0.25) is 0 Å². The van der Waals surface area contributed by atoms with Gasteiger partial charge in [-0.2, -0.15) is 22.4 Å². The normalized spacial score (nSPS) is 12.0. The van der Waals surface area contributed by atoms with Crippen LogP contribution in [-0.2, 0) is 13.9 Å². The van der Waals surface area contributed by atoms with Gasteiger partial charge in [-0.25, -0.2) is 0 Å². The predicted molar refractivity (Wildman–Crippen MR) is 120 cm³/mol. The first-order chi connectivity index (χ1) is 14.9. The third kappa shape index (κ3) is 16.2. The largest absolute Gasteiger partial charge is 1.00 e. The second kappa shape index (κ2) is 18.2. The van der Waals surface area contributed by atoms with Crippen molar-refractivity contribution in [2.45, 2.75) is 90.9 Å². The fourth-order valence-electron chi connectivity index (χ4n) is 3.49. The van der Waals surface area contributed by atoms with E-state index >= 15 is 0 Å². The van der Waals surface area contributed by atoms with Gasteiger partial charge in [0.25, 0.3) is 0 Å². The van der Waals surface area contributed by atoms with Crippen LogP contribution in [0.3, 0.4) is 0 Å². The third-order valence-electron chi connectivity index (χ3n) is 5.41. The van der Waals surface area contributed by atoms with Crippen LogP contribution < -0.4 is 32.8 Å². The van der Waals surface area contributed by atoms with E-state index in [1.807, 2.05) is 0 Å². The minimum atomic E-state index is -5.00. The van der Waals surface area contributed by atoms with E-state index in [0.717, 1.165) is 17.7 Å². The van der Waals surface area contributed by atoms with Gasteiger partial charge in [-0.1, -0.05) is 71.1 Å². The predicted octanol–water partition coefficient (Wildman–Crippen LogP) is -0.282. The minimum absolute atomic E-state index is 0. The van der Waals surface area contributed by atoms with Gasteiger partial charge in [-0.15, -0.1) is 0 Å². The number of unbranched alkanes of at least 4 members (excludes halogenated alkanes) is 4. The Morgan fingerprint density at radius 1 is 0.788 bits per heavy atom.